The smallest absolute Gasteiger partial charge is 0.271 e. The Morgan fingerprint density at radius 3 is 2.96 bits per heavy atom. The van der Waals surface area contributed by atoms with E-state index in [0.29, 0.717) is 24.2 Å². The highest BCUT2D eigenvalue weighted by Gasteiger charge is 2.35. The molecule has 0 radical (unpaired) electrons. The van der Waals surface area contributed by atoms with Crippen molar-refractivity contribution in [3.05, 3.63) is 65.5 Å². The van der Waals surface area contributed by atoms with Gasteiger partial charge in [-0.05, 0) is 30.2 Å². The first kappa shape index (κ1) is 13.9. The van der Waals surface area contributed by atoms with Crippen LogP contribution in [0.25, 0.3) is 0 Å². The van der Waals surface area contributed by atoms with E-state index < -0.39 is 6.10 Å². The normalized spacial score (nSPS) is 19.3. The number of halogens is 1. The highest BCUT2D eigenvalue weighted by Crippen LogP contribution is 2.30. The molecule has 0 unspecified atom stereocenters. The lowest BCUT2D eigenvalue weighted by molar-refractivity contribution is -0.128. The van der Waals surface area contributed by atoms with E-state index in [1.807, 2.05) is 24.3 Å². The zero-order chi connectivity index (χ0) is 15.8. The fourth-order valence-electron chi connectivity index (χ4n) is 3.09. The Bertz CT molecular complexity index is 803. The van der Waals surface area contributed by atoms with Crippen molar-refractivity contribution in [2.45, 2.75) is 18.9 Å². The molecule has 116 valence electrons. The van der Waals surface area contributed by atoms with E-state index in [-0.39, 0.29) is 11.7 Å². The number of oxime groups is 1. The van der Waals surface area contributed by atoms with E-state index in [1.54, 1.807) is 17.0 Å². The summed E-state index contributed by atoms with van der Waals surface area (Å²) >= 11 is 0. The molecule has 0 fully saturated rings. The van der Waals surface area contributed by atoms with Crippen LogP contribution < -0.4 is 4.90 Å². The maximum Gasteiger partial charge on any atom is 0.271 e. The van der Waals surface area contributed by atoms with Crippen LogP contribution in [-0.2, 0) is 16.1 Å². The predicted molar refractivity (Wildman–Crippen MR) is 84.9 cm³/mol. The molecule has 1 amide bonds. The summed E-state index contributed by atoms with van der Waals surface area (Å²) in [5.41, 5.74) is 3.38. The molecule has 0 saturated carbocycles. The first-order chi connectivity index (χ1) is 11.2. The summed E-state index contributed by atoms with van der Waals surface area (Å²) in [6, 6.07) is 14.1. The molecule has 0 N–H and O–H groups in total. The van der Waals surface area contributed by atoms with E-state index in [2.05, 4.69) is 5.16 Å². The van der Waals surface area contributed by atoms with Gasteiger partial charge in [-0.2, -0.15) is 0 Å². The van der Waals surface area contributed by atoms with Crippen molar-refractivity contribution < 1.29 is 14.0 Å². The minimum Gasteiger partial charge on any atom is -0.382 e. The minimum atomic E-state index is -0.639. The van der Waals surface area contributed by atoms with Crippen LogP contribution in [0, 0.1) is 5.82 Å². The van der Waals surface area contributed by atoms with Crippen LogP contribution in [-0.4, -0.2) is 24.3 Å². The van der Waals surface area contributed by atoms with Crippen molar-refractivity contribution in [1.29, 1.82) is 0 Å². The van der Waals surface area contributed by atoms with Gasteiger partial charge in [0.25, 0.3) is 5.91 Å². The van der Waals surface area contributed by atoms with E-state index in [9.17, 15) is 9.18 Å². The van der Waals surface area contributed by atoms with Crippen LogP contribution in [0.15, 0.2) is 53.7 Å². The number of rotatable bonds is 2. The van der Waals surface area contributed by atoms with Gasteiger partial charge >= 0.3 is 0 Å². The van der Waals surface area contributed by atoms with Gasteiger partial charge in [-0.15, -0.1) is 0 Å². The van der Waals surface area contributed by atoms with Crippen LogP contribution in [0.5, 0.6) is 0 Å². The van der Waals surface area contributed by atoms with Crippen molar-refractivity contribution in [3.63, 3.8) is 0 Å². The van der Waals surface area contributed by atoms with Crippen LogP contribution in [0.4, 0.5) is 10.1 Å². The van der Waals surface area contributed by atoms with Gasteiger partial charge in [0.1, 0.15) is 5.82 Å². The van der Waals surface area contributed by atoms with E-state index >= 15 is 0 Å². The highest BCUT2D eigenvalue weighted by molar-refractivity contribution is 6.07. The van der Waals surface area contributed by atoms with Crippen LogP contribution >= 0.6 is 0 Å². The second-order valence-corrected chi connectivity index (χ2v) is 5.72. The molecule has 0 saturated heterocycles. The number of hydrogen-bond acceptors (Lipinski definition) is 3. The molecule has 2 aromatic rings. The fraction of sp³-hybridized carbons (Fsp3) is 0.222. The molecular weight excluding hydrogens is 295 g/mol. The van der Waals surface area contributed by atoms with Gasteiger partial charge in [0, 0.05) is 24.2 Å². The number of nitrogens with zero attached hydrogens (tertiary/aromatic N) is 2. The van der Waals surface area contributed by atoms with E-state index in [1.165, 1.54) is 17.7 Å². The summed E-state index contributed by atoms with van der Waals surface area (Å²) in [6.45, 7) is 0.660. The van der Waals surface area contributed by atoms with Crippen LogP contribution in [0.3, 0.4) is 0 Å². The Hall–Kier alpha value is -2.69. The highest BCUT2D eigenvalue weighted by atomic mass is 19.1. The molecule has 0 spiro atoms. The molecule has 2 aliphatic rings. The zero-order valence-corrected chi connectivity index (χ0v) is 12.4. The lowest BCUT2D eigenvalue weighted by Gasteiger charge is -2.19. The van der Waals surface area contributed by atoms with Crippen LogP contribution in [0.2, 0.25) is 0 Å². The van der Waals surface area contributed by atoms with Crippen molar-refractivity contribution in [2.75, 3.05) is 11.4 Å². The lowest BCUT2D eigenvalue weighted by atomic mass is 10.0. The third-order valence-corrected chi connectivity index (χ3v) is 4.26. The van der Waals surface area contributed by atoms with Crippen molar-refractivity contribution in [3.8, 4) is 0 Å². The molecule has 23 heavy (non-hydrogen) atoms. The van der Waals surface area contributed by atoms with Gasteiger partial charge in [-0.1, -0.05) is 35.5 Å². The molecule has 2 aliphatic heterocycles. The largest absolute Gasteiger partial charge is 0.382 e. The number of hydrogen-bond donors (Lipinski definition) is 0. The molecule has 1 atom stereocenters. The molecule has 4 nitrogen and oxygen atoms in total. The van der Waals surface area contributed by atoms with Gasteiger partial charge in [-0.25, -0.2) is 4.39 Å². The Morgan fingerprint density at radius 1 is 1.22 bits per heavy atom. The molecule has 0 aromatic heterocycles. The third kappa shape index (κ3) is 2.48. The monoisotopic (exact) mass is 310 g/mol. The SMILES string of the molecule is O=C([C@H]1CC(c2cccc(F)c2)=NO1)N1CCc2ccccc21. The first-order valence-corrected chi connectivity index (χ1v) is 7.60. The van der Waals surface area contributed by atoms with Gasteiger partial charge < -0.3 is 9.74 Å². The number of carbonyl (C=O) groups excluding carboxylic acids is 1. The summed E-state index contributed by atoms with van der Waals surface area (Å²) in [5, 5.41) is 3.98. The second kappa shape index (κ2) is 5.50. The maximum atomic E-state index is 13.3. The number of anilines is 1. The maximum absolute atomic E-state index is 13.3. The molecule has 4 rings (SSSR count). The second-order valence-electron chi connectivity index (χ2n) is 5.72. The van der Waals surface area contributed by atoms with Crippen molar-refractivity contribution in [1.82, 2.24) is 0 Å². The van der Waals surface area contributed by atoms with Gasteiger partial charge in [0.05, 0.1) is 5.71 Å². The Kier molecular flexibility index (Phi) is 3.33. The Balaban J connectivity index is 1.50. The molecular formula is C18H15FN2O2. The standard InChI is InChI=1S/C18H15FN2O2/c19-14-6-3-5-13(10-14)15-11-17(23-20-15)18(22)21-9-8-12-4-1-2-7-16(12)21/h1-7,10,17H,8-9,11H2/t17-/m1/s1. The molecule has 2 heterocycles. The average molecular weight is 310 g/mol. The third-order valence-electron chi connectivity index (χ3n) is 4.26. The Labute approximate surface area is 133 Å². The van der Waals surface area contributed by atoms with Gasteiger partial charge in [0.2, 0.25) is 6.10 Å². The van der Waals surface area contributed by atoms with E-state index in [0.717, 1.165) is 12.1 Å². The molecule has 2 aromatic carbocycles. The topological polar surface area (TPSA) is 41.9 Å². The average Bonchev–Trinajstić information content (AvgIpc) is 3.22. The lowest BCUT2D eigenvalue weighted by Crippen LogP contribution is -2.38. The van der Waals surface area contributed by atoms with Crippen molar-refractivity contribution in [2.24, 2.45) is 5.16 Å². The minimum absolute atomic E-state index is 0.0925. The van der Waals surface area contributed by atoms with Gasteiger partial charge in [0.15, 0.2) is 0 Å². The number of amides is 1. The summed E-state index contributed by atoms with van der Waals surface area (Å²) in [6.07, 6.45) is 0.576. The number of benzene rings is 2. The molecule has 5 heteroatoms. The first-order valence-electron chi connectivity index (χ1n) is 7.60. The van der Waals surface area contributed by atoms with Crippen LogP contribution in [0.1, 0.15) is 17.5 Å². The molecule has 0 bridgehead atoms. The summed E-state index contributed by atoms with van der Waals surface area (Å²) in [7, 11) is 0. The summed E-state index contributed by atoms with van der Waals surface area (Å²) in [5.74, 6) is -0.418. The summed E-state index contributed by atoms with van der Waals surface area (Å²) in [4.78, 5) is 19.8. The van der Waals surface area contributed by atoms with Gasteiger partial charge in [-0.3, -0.25) is 4.79 Å². The quantitative estimate of drug-likeness (QED) is 0.856. The predicted octanol–water partition coefficient (Wildman–Crippen LogP) is 2.91. The van der Waals surface area contributed by atoms with E-state index in [4.69, 9.17) is 4.84 Å². The fourth-order valence-corrected chi connectivity index (χ4v) is 3.09. The number of fused-ring (bicyclic) bond motifs is 1. The van der Waals surface area contributed by atoms with Crippen molar-refractivity contribution >= 4 is 17.3 Å². The Morgan fingerprint density at radius 2 is 2.09 bits per heavy atom. The number of para-hydroxylation sites is 1. The summed E-state index contributed by atoms with van der Waals surface area (Å²) < 4.78 is 13.3. The zero-order valence-electron chi connectivity index (χ0n) is 12.4. The molecule has 0 aliphatic carbocycles. The number of carbonyl (C=O) groups is 1.